The summed E-state index contributed by atoms with van der Waals surface area (Å²) in [6, 6.07) is 17.6. The number of nitrogens with one attached hydrogen (secondary N) is 3. The van der Waals surface area contributed by atoms with Crippen LogP contribution in [0.1, 0.15) is 29.6 Å². The highest BCUT2D eigenvalue weighted by Crippen LogP contribution is 2.32. The third kappa shape index (κ3) is 9.59. The summed E-state index contributed by atoms with van der Waals surface area (Å²) >= 11 is 17.7. The first kappa shape index (κ1) is 28.8. The van der Waals surface area contributed by atoms with Gasteiger partial charge in [0.25, 0.3) is 11.8 Å². The summed E-state index contributed by atoms with van der Waals surface area (Å²) < 4.78 is 10.6. The summed E-state index contributed by atoms with van der Waals surface area (Å²) in [5, 5.41) is 4.05. The van der Waals surface area contributed by atoms with Gasteiger partial charge in [-0.1, -0.05) is 34.8 Å². The predicted octanol–water partition coefficient (Wildman–Crippen LogP) is 5.55. The van der Waals surface area contributed by atoms with Gasteiger partial charge >= 0.3 is 5.97 Å². The van der Waals surface area contributed by atoms with Gasteiger partial charge < -0.3 is 14.8 Å². The summed E-state index contributed by atoms with van der Waals surface area (Å²) in [4.78, 5) is 47.7. The molecule has 38 heavy (non-hydrogen) atoms. The molecule has 3 N–H and O–H groups in total. The van der Waals surface area contributed by atoms with E-state index in [2.05, 4.69) is 16.2 Å². The maximum Gasteiger partial charge on any atom is 0.306 e. The number of amides is 3. The van der Waals surface area contributed by atoms with E-state index >= 15 is 0 Å². The van der Waals surface area contributed by atoms with Crippen molar-refractivity contribution in [2.45, 2.75) is 19.3 Å². The number of halogens is 3. The Balaban J connectivity index is 1.30. The number of esters is 1. The molecule has 3 aromatic rings. The van der Waals surface area contributed by atoms with Crippen molar-refractivity contribution in [3.63, 3.8) is 0 Å². The second kappa shape index (κ2) is 14.2. The molecule has 3 rings (SSSR count). The zero-order valence-electron chi connectivity index (χ0n) is 19.8. The predicted molar refractivity (Wildman–Crippen MR) is 143 cm³/mol. The van der Waals surface area contributed by atoms with Gasteiger partial charge in [-0.3, -0.25) is 30.0 Å². The topological polar surface area (TPSA) is 123 Å². The van der Waals surface area contributed by atoms with E-state index in [-0.39, 0.29) is 30.7 Å². The van der Waals surface area contributed by atoms with Crippen molar-refractivity contribution < 1.29 is 28.7 Å². The molecule has 12 heteroatoms. The minimum Gasteiger partial charge on any atom is -0.456 e. The standard InChI is InChI=1S/C26H22Cl3N3O6/c27-17-6-4-16(5-7-17)26(36)32-31-24(34)15-37-25(35)3-1-2-23(33)30-19-9-11-20(12-10-19)38-22-13-8-18(28)14-21(22)29/h4-14H,1-3,15H2,(H,30,33)(H,31,34)(H,32,36). The van der Waals surface area contributed by atoms with Crippen molar-refractivity contribution in [3.8, 4) is 11.5 Å². The molecule has 3 amide bonds. The molecule has 198 valence electrons. The number of benzene rings is 3. The fraction of sp³-hybridized carbons (Fsp3) is 0.154. The van der Waals surface area contributed by atoms with Crippen molar-refractivity contribution in [1.29, 1.82) is 0 Å². The monoisotopic (exact) mass is 577 g/mol. The summed E-state index contributed by atoms with van der Waals surface area (Å²) in [6.45, 7) is -0.582. The van der Waals surface area contributed by atoms with Gasteiger partial charge in [0, 0.05) is 34.1 Å². The SMILES string of the molecule is O=C(COC(=O)CCCC(=O)Nc1ccc(Oc2ccc(Cl)cc2Cl)cc1)NNC(=O)c1ccc(Cl)cc1. The van der Waals surface area contributed by atoms with Crippen LogP contribution in [-0.2, 0) is 19.1 Å². The van der Waals surface area contributed by atoms with Crippen molar-refractivity contribution >= 4 is 64.2 Å². The quantitative estimate of drug-likeness (QED) is 0.214. The lowest BCUT2D eigenvalue weighted by atomic mass is 10.2. The number of hydrogen-bond acceptors (Lipinski definition) is 6. The van der Waals surface area contributed by atoms with Crippen LogP contribution in [0, 0.1) is 0 Å². The number of carbonyl (C=O) groups is 4. The van der Waals surface area contributed by atoms with Gasteiger partial charge in [-0.15, -0.1) is 0 Å². The smallest absolute Gasteiger partial charge is 0.306 e. The Kier molecular flexibility index (Phi) is 10.8. The van der Waals surface area contributed by atoms with Crippen LogP contribution in [0.3, 0.4) is 0 Å². The lowest BCUT2D eigenvalue weighted by Gasteiger charge is -2.10. The second-order valence-corrected chi connectivity index (χ2v) is 9.05. The summed E-state index contributed by atoms with van der Waals surface area (Å²) in [5.41, 5.74) is 5.17. The van der Waals surface area contributed by atoms with Gasteiger partial charge in [0.05, 0.1) is 5.02 Å². The maximum absolute atomic E-state index is 12.2. The van der Waals surface area contributed by atoms with Crippen molar-refractivity contribution in [2.75, 3.05) is 11.9 Å². The Bertz CT molecular complexity index is 1300. The van der Waals surface area contributed by atoms with Gasteiger partial charge in [0.2, 0.25) is 5.91 Å². The third-order valence-electron chi connectivity index (χ3n) is 4.83. The van der Waals surface area contributed by atoms with Crippen molar-refractivity contribution in [1.82, 2.24) is 10.9 Å². The zero-order valence-corrected chi connectivity index (χ0v) is 22.0. The molecule has 0 fully saturated rings. The van der Waals surface area contributed by atoms with Crippen LogP contribution < -0.4 is 20.9 Å². The number of carbonyl (C=O) groups excluding carboxylic acids is 4. The molecular weight excluding hydrogens is 557 g/mol. The van der Waals surface area contributed by atoms with Crippen LogP contribution in [0.4, 0.5) is 5.69 Å². The Morgan fingerprint density at radius 2 is 1.42 bits per heavy atom. The number of anilines is 1. The van der Waals surface area contributed by atoms with Gasteiger partial charge in [0.1, 0.15) is 11.5 Å². The number of rotatable bonds is 10. The molecule has 0 saturated carbocycles. The van der Waals surface area contributed by atoms with E-state index in [0.29, 0.717) is 32.3 Å². The summed E-state index contributed by atoms with van der Waals surface area (Å²) in [5.74, 6) is -1.26. The molecule has 0 heterocycles. The molecule has 0 unspecified atom stereocenters. The normalized spacial score (nSPS) is 10.3. The van der Waals surface area contributed by atoms with Crippen LogP contribution >= 0.6 is 34.8 Å². The lowest BCUT2D eigenvalue weighted by molar-refractivity contribution is -0.148. The molecule has 0 saturated heterocycles. The van der Waals surface area contributed by atoms with Crippen LogP contribution in [0.25, 0.3) is 0 Å². The van der Waals surface area contributed by atoms with Crippen LogP contribution in [0.15, 0.2) is 66.7 Å². The first-order chi connectivity index (χ1) is 18.2. The molecule has 0 atom stereocenters. The highest BCUT2D eigenvalue weighted by Gasteiger charge is 2.11. The molecule has 0 aromatic heterocycles. The molecule has 0 aliphatic carbocycles. The highest BCUT2D eigenvalue weighted by molar-refractivity contribution is 6.35. The van der Waals surface area contributed by atoms with Crippen LogP contribution in [0.5, 0.6) is 11.5 Å². The molecule has 0 radical (unpaired) electrons. The molecule has 0 aliphatic rings. The Labute approximate surface area is 233 Å². The largest absolute Gasteiger partial charge is 0.456 e. The van der Waals surface area contributed by atoms with E-state index in [4.69, 9.17) is 44.3 Å². The third-order valence-corrected chi connectivity index (χ3v) is 5.61. The van der Waals surface area contributed by atoms with E-state index in [1.807, 2.05) is 0 Å². The van der Waals surface area contributed by atoms with Gasteiger partial charge in [-0.05, 0) is 73.2 Å². The average molecular weight is 579 g/mol. The lowest BCUT2D eigenvalue weighted by Crippen LogP contribution is -2.43. The van der Waals surface area contributed by atoms with E-state index in [9.17, 15) is 19.2 Å². The maximum atomic E-state index is 12.2. The molecule has 0 spiro atoms. The van der Waals surface area contributed by atoms with Gasteiger partial charge in [-0.25, -0.2) is 0 Å². The Morgan fingerprint density at radius 1 is 0.737 bits per heavy atom. The number of ether oxygens (including phenoxy) is 2. The molecule has 9 nitrogen and oxygen atoms in total. The minimum absolute atomic E-state index is 0.0630. The average Bonchev–Trinajstić information content (AvgIpc) is 2.89. The van der Waals surface area contributed by atoms with E-state index in [1.54, 1.807) is 42.5 Å². The Morgan fingerprint density at radius 3 is 2.11 bits per heavy atom. The Hall–Kier alpha value is -3.79. The van der Waals surface area contributed by atoms with E-state index < -0.39 is 24.4 Å². The molecule has 3 aromatic carbocycles. The second-order valence-electron chi connectivity index (χ2n) is 7.77. The number of hydrazine groups is 1. The van der Waals surface area contributed by atoms with E-state index in [1.165, 1.54) is 24.3 Å². The molecule has 0 bridgehead atoms. The van der Waals surface area contributed by atoms with Crippen LogP contribution in [0.2, 0.25) is 15.1 Å². The molecular formula is C26H22Cl3N3O6. The van der Waals surface area contributed by atoms with Crippen LogP contribution in [-0.4, -0.2) is 30.3 Å². The zero-order chi connectivity index (χ0) is 27.5. The van der Waals surface area contributed by atoms with E-state index in [0.717, 1.165) is 0 Å². The summed E-state index contributed by atoms with van der Waals surface area (Å²) in [7, 11) is 0. The highest BCUT2D eigenvalue weighted by atomic mass is 35.5. The fourth-order valence-electron chi connectivity index (χ4n) is 2.96. The first-order valence-corrected chi connectivity index (χ1v) is 12.4. The fourth-order valence-corrected chi connectivity index (χ4v) is 3.54. The first-order valence-electron chi connectivity index (χ1n) is 11.2. The van der Waals surface area contributed by atoms with Crippen molar-refractivity contribution in [3.05, 3.63) is 87.4 Å². The number of hydrogen-bond donors (Lipinski definition) is 3. The molecule has 0 aliphatic heterocycles. The minimum atomic E-state index is -0.718. The van der Waals surface area contributed by atoms with Crippen molar-refractivity contribution in [2.24, 2.45) is 0 Å². The van der Waals surface area contributed by atoms with Gasteiger partial charge in [0.15, 0.2) is 6.61 Å². The summed E-state index contributed by atoms with van der Waals surface area (Å²) in [6.07, 6.45) is 0.222. The van der Waals surface area contributed by atoms with Gasteiger partial charge in [-0.2, -0.15) is 0 Å².